The molecule has 166 valence electrons. The molecule has 3 rings (SSSR count). The summed E-state index contributed by atoms with van der Waals surface area (Å²) < 4.78 is 16.3. The second-order valence-corrected chi connectivity index (χ2v) is 7.13. The van der Waals surface area contributed by atoms with Crippen molar-refractivity contribution in [2.45, 2.75) is 6.92 Å². The Labute approximate surface area is 187 Å². The quantitative estimate of drug-likeness (QED) is 0.530. The Hall–Kier alpha value is -3.83. The summed E-state index contributed by atoms with van der Waals surface area (Å²) in [5.74, 6) is 0.162. The molecule has 32 heavy (non-hydrogen) atoms. The number of carbonyl (C=O) groups is 2. The summed E-state index contributed by atoms with van der Waals surface area (Å²) in [5.41, 5.74) is 2.08. The fourth-order valence-electron chi connectivity index (χ4n) is 3.15. The summed E-state index contributed by atoms with van der Waals surface area (Å²) in [6.07, 6.45) is 1.47. The first-order chi connectivity index (χ1) is 15.5. The van der Waals surface area contributed by atoms with E-state index in [0.717, 1.165) is 5.56 Å². The smallest absolute Gasteiger partial charge is 0.266 e. The number of hydrogen-bond acceptors (Lipinski definition) is 6. The summed E-state index contributed by atoms with van der Waals surface area (Å²) >= 11 is 0. The highest BCUT2D eigenvalue weighted by molar-refractivity contribution is 6.10. The SMILES string of the molecule is COc1cc(/C=C(\C#N)C(=O)Nc2ccccc2C)ccc1OCC(=O)N1CCOCC1. The summed E-state index contributed by atoms with van der Waals surface area (Å²) in [6, 6.07) is 14.2. The predicted octanol–water partition coefficient (Wildman–Crippen LogP) is 2.79. The number of hydrogen-bond donors (Lipinski definition) is 1. The Morgan fingerprint density at radius 3 is 2.62 bits per heavy atom. The van der Waals surface area contributed by atoms with E-state index in [0.29, 0.717) is 49.1 Å². The normalized spacial score (nSPS) is 13.8. The molecule has 8 heteroatoms. The molecule has 0 saturated carbocycles. The highest BCUT2D eigenvalue weighted by Gasteiger charge is 2.18. The molecule has 2 aromatic carbocycles. The van der Waals surface area contributed by atoms with E-state index in [1.165, 1.54) is 13.2 Å². The van der Waals surface area contributed by atoms with Crippen LogP contribution in [0.4, 0.5) is 5.69 Å². The molecule has 0 aromatic heterocycles. The Morgan fingerprint density at radius 1 is 1.19 bits per heavy atom. The first-order valence-electron chi connectivity index (χ1n) is 10.2. The Morgan fingerprint density at radius 2 is 1.94 bits per heavy atom. The number of carbonyl (C=O) groups excluding carboxylic acids is 2. The molecule has 0 unspecified atom stereocenters. The van der Waals surface area contributed by atoms with Crippen LogP contribution in [0.5, 0.6) is 11.5 Å². The van der Waals surface area contributed by atoms with Crippen LogP contribution >= 0.6 is 0 Å². The van der Waals surface area contributed by atoms with Gasteiger partial charge >= 0.3 is 0 Å². The van der Waals surface area contributed by atoms with E-state index in [-0.39, 0.29) is 18.1 Å². The van der Waals surface area contributed by atoms with Gasteiger partial charge in [-0.1, -0.05) is 24.3 Å². The third kappa shape index (κ3) is 5.86. The van der Waals surface area contributed by atoms with E-state index < -0.39 is 5.91 Å². The average Bonchev–Trinajstić information content (AvgIpc) is 2.83. The molecule has 2 amide bonds. The molecule has 0 atom stereocenters. The molecule has 1 aliphatic rings. The maximum absolute atomic E-state index is 12.5. The second kappa shape index (κ2) is 11.0. The van der Waals surface area contributed by atoms with Crippen molar-refractivity contribution in [2.75, 3.05) is 45.3 Å². The van der Waals surface area contributed by atoms with Crippen molar-refractivity contribution in [3.05, 3.63) is 59.2 Å². The number of ether oxygens (including phenoxy) is 3. The van der Waals surface area contributed by atoms with Crippen molar-refractivity contribution in [2.24, 2.45) is 0 Å². The van der Waals surface area contributed by atoms with Crippen LogP contribution in [0.1, 0.15) is 11.1 Å². The second-order valence-electron chi connectivity index (χ2n) is 7.13. The number of para-hydroxylation sites is 1. The third-order valence-electron chi connectivity index (χ3n) is 4.97. The Kier molecular flexibility index (Phi) is 7.84. The zero-order valence-corrected chi connectivity index (χ0v) is 18.1. The van der Waals surface area contributed by atoms with Crippen LogP contribution in [0.2, 0.25) is 0 Å². The number of nitrogens with one attached hydrogen (secondary N) is 1. The minimum Gasteiger partial charge on any atom is -0.493 e. The lowest BCUT2D eigenvalue weighted by Gasteiger charge is -2.26. The van der Waals surface area contributed by atoms with Crippen LogP contribution < -0.4 is 14.8 Å². The van der Waals surface area contributed by atoms with Gasteiger partial charge in [-0.15, -0.1) is 0 Å². The van der Waals surface area contributed by atoms with E-state index in [2.05, 4.69) is 5.32 Å². The molecular formula is C24H25N3O5. The topological polar surface area (TPSA) is 101 Å². The summed E-state index contributed by atoms with van der Waals surface area (Å²) in [6.45, 7) is 3.89. The van der Waals surface area contributed by atoms with Gasteiger partial charge in [-0.05, 0) is 42.3 Å². The van der Waals surface area contributed by atoms with E-state index in [9.17, 15) is 14.9 Å². The van der Waals surface area contributed by atoms with Gasteiger partial charge in [0.2, 0.25) is 0 Å². The number of methoxy groups -OCH3 is 1. The van der Waals surface area contributed by atoms with Gasteiger partial charge in [-0.2, -0.15) is 5.26 Å². The zero-order chi connectivity index (χ0) is 22.9. The van der Waals surface area contributed by atoms with E-state index in [1.807, 2.05) is 31.2 Å². The molecule has 0 radical (unpaired) electrons. The van der Waals surface area contributed by atoms with Crippen molar-refractivity contribution in [1.29, 1.82) is 5.26 Å². The molecule has 1 fully saturated rings. The molecule has 8 nitrogen and oxygen atoms in total. The fraction of sp³-hybridized carbons (Fsp3) is 0.292. The summed E-state index contributed by atoms with van der Waals surface area (Å²) in [5, 5.41) is 12.2. The van der Waals surface area contributed by atoms with Gasteiger partial charge in [-0.25, -0.2) is 0 Å². The van der Waals surface area contributed by atoms with Gasteiger partial charge in [0.25, 0.3) is 11.8 Å². The number of amides is 2. The highest BCUT2D eigenvalue weighted by atomic mass is 16.5. The van der Waals surface area contributed by atoms with E-state index in [4.69, 9.17) is 14.2 Å². The van der Waals surface area contributed by atoms with Crippen LogP contribution in [0.3, 0.4) is 0 Å². The van der Waals surface area contributed by atoms with Gasteiger partial charge in [0.05, 0.1) is 20.3 Å². The number of benzene rings is 2. The first kappa shape index (κ1) is 22.8. The van der Waals surface area contributed by atoms with E-state index >= 15 is 0 Å². The van der Waals surface area contributed by atoms with Crippen molar-refractivity contribution in [3.8, 4) is 17.6 Å². The van der Waals surface area contributed by atoms with Gasteiger partial charge in [0.1, 0.15) is 11.6 Å². The number of aryl methyl sites for hydroxylation is 1. The summed E-state index contributed by atoms with van der Waals surface area (Å²) in [4.78, 5) is 26.5. The van der Waals surface area contributed by atoms with Gasteiger partial charge < -0.3 is 24.4 Å². The highest BCUT2D eigenvalue weighted by Crippen LogP contribution is 2.29. The number of morpholine rings is 1. The Balaban J connectivity index is 1.70. The molecule has 1 N–H and O–H groups in total. The zero-order valence-electron chi connectivity index (χ0n) is 18.1. The maximum atomic E-state index is 12.5. The Bertz CT molecular complexity index is 1050. The van der Waals surface area contributed by atoms with Crippen LogP contribution in [0.15, 0.2) is 48.0 Å². The fourth-order valence-corrected chi connectivity index (χ4v) is 3.15. The van der Waals surface area contributed by atoms with Crippen molar-refractivity contribution < 1.29 is 23.8 Å². The molecule has 2 aromatic rings. The summed E-state index contributed by atoms with van der Waals surface area (Å²) in [7, 11) is 1.48. The lowest BCUT2D eigenvalue weighted by molar-refractivity contribution is -0.137. The predicted molar refractivity (Wildman–Crippen MR) is 119 cm³/mol. The minimum atomic E-state index is -0.503. The van der Waals surface area contributed by atoms with Crippen molar-refractivity contribution in [3.63, 3.8) is 0 Å². The number of anilines is 1. The molecule has 0 bridgehead atoms. The van der Waals surface area contributed by atoms with Crippen molar-refractivity contribution in [1.82, 2.24) is 4.90 Å². The van der Waals surface area contributed by atoms with Gasteiger partial charge in [0, 0.05) is 18.8 Å². The van der Waals surface area contributed by atoms with E-state index in [1.54, 1.807) is 29.2 Å². The lowest BCUT2D eigenvalue weighted by atomic mass is 10.1. The molecule has 0 spiro atoms. The molecule has 0 aliphatic carbocycles. The average molecular weight is 435 g/mol. The lowest BCUT2D eigenvalue weighted by Crippen LogP contribution is -2.43. The standard InChI is InChI=1S/C24H25N3O5/c1-17-5-3-4-6-20(17)26-24(29)19(15-25)13-18-7-8-21(22(14-18)30-2)32-16-23(28)27-9-11-31-12-10-27/h3-8,13-14H,9-12,16H2,1-2H3,(H,26,29)/b19-13+. The largest absolute Gasteiger partial charge is 0.493 e. The molecular weight excluding hydrogens is 410 g/mol. The third-order valence-corrected chi connectivity index (χ3v) is 4.97. The monoisotopic (exact) mass is 435 g/mol. The van der Waals surface area contributed by atoms with Crippen LogP contribution in [-0.4, -0.2) is 56.7 Å². The number of nitriles is 1. The maximum Gasteiger partial charge on any atom is 0.266 e. The number of nitrogens with zero attached hydrogens (tertiary/aromatic N) is 2. The van der Waals surface area contributed by atoms with Crippen LogP contribution in [0.25, 0.3) is 6.08 Å². The molecule has 1 heterocycles. The van der Waals surface area contributed by atoms with Crippen LogP contribution in [-0.2, 0) is 14.3 Å². The van der Waals surface area contributed by atoms with Gasteiger partial charge in [-0.3, -0.25) is 9.59 Å². The minimum absolute atomic E-state index is 0.0496. The molecule has 1 saturated heterocycles. The molecule has 1 aliphatic heterocycles. The number of rotatable bonds is 7. The van der Waals surface area contributed by atoms with Crippen LogP contribution in [0, 0.1) is 18.3 Å². The van der Waals surface area contributed by atoms with Crippen molar-refractivity contribution >= 4 is 23.6 Å². The first-order valence-corrected chi connectivity index (χ1v) is 10.2. The van der Waals surface area contributed by atoms with Gasteiger partial charge in [0.15, 0.2) is 18.1 Å².